The molecule has 2 aromatic carbocycles. The Kier molecular flexibility index (Phi) is 15.9. The minimum atomic E-state index is -3.10. The maximum Gasteiger partial charge on any atom is 0.331 e. The Bertz CT molecular complexity index is 2160. The predicted octanol–water partition coefficient (Wildman–Crippen LogP) is 9.05. The molecule has 0 spiro atoms. The second-order valence-electron chi connectivity index (χ2n) is 15.1. The lowest BCUT2D eigenvalue weighted by molar-refractivity contribution is 0.0987. The number of nitrogens with zero attached hydrogens (tertiary/aromatic N) is 4. The third-order valence-corrected chi connectivity index (χ3v) is 15.3. The van der Waals surface area contributed by atoms with Crippen LogP contribution < -0.4 is 5.32 Å². The SMILES string of the molecule is CCOP(=O)(CCN1CCc2nc(CNc3cccc(-c4cccc(CC(=O)c5ccc6c(n5)CCN(CCP(=O)(OCC)OCC)C6)c4C)c3C)ccc2C1)OCC. The molecule has 6 rings (SSSR count). The number of anilines is 1. The highest BCUT2D eigenvalue weighted by atomic mass is 31.2. The van der Waals surface area contributed by atoms with Crippen LogP contribution in [0.3, 0.4) is 0 Å². The summed E-state index contributed by atoms with van der Waals surface area (Å²) in [5.41, 5.74) is 12.3. The van der Waals surface area contributed by atoms with Gasteiger partial charge in [0, 0.05) is 75.6 Å². The van der Waals surface area contributed by atoms with Crippen LogP contribution >= 0.6 is 15.2 Å². The van der Waals surface area contributed by atoms with E-state index in [1.54, 1.807) is 0 Å². The molecular formula is C45H61N5O7P2. The van der Waals surface area contributed by atoms with Gasteiger partial charge in [-0.3, -0.25) is 28.7 Å². The third kappa shape index (κ3) is 11.6. The van der Waals surface area contributed by atoms with Crippen LogP contribution in [-0.2, 0) is 66.1 Å². The lowest BCUT2D eigenvalue weighted by Gasteiger charge is -2.29. The van der Waals surface area contributed by atoms with Crippen molar-refractivity contribution in [2.24, 2.45) is 0 Å². The molecule has 2 aromatic heterocycles. The highest BCUT2D eigenvalue weighted by Gasteiger charge is 2.28. The highest BCUT2D eigenvalue weighted by Crippen LogP contribution is 2.48. The number of nitrogens with one attached hydrogen (secondary N) is 1. The van der Waals surface area contributed by atoms with Gasteiger partial charge in [0.25, 0.3) is 0 Å². The fourth-order valence-electron chi connectivity index (χ4n) is 8.01. The molecule has 12 nitrogen and oxygen atoms in total. The summed E-state index contributed by atoms with van der Waals surface area (Å²) >= 11 is 0. The molecule has 0 saturated carbocycles. The van der Waals surface area contributed by atoms with Crippen molar-refractivity contribution in [3.05, 3.63) is 111 Å². The van der Waals surface area contributed by atoms with Crippen LogP contribution in [0.2, 0.25) is 0 Å². The van der Waals surface area contributed by atoms with Crippen molar-refractivity contribution in [2.45, 2.75) is 80.4 Å². The third-order valence-electron chi connectivity index (χ3n) is 11.2. The van der Waals surface area contributed by atoms with Gasteiger partial charge in [-0.1, -0.05) is 42.5 Å². The Morgan fingerprint density at radius 1 is 0.678 bits per heavy atom. The lowest BCUT2D eigenvalue weighted by Crippen LogP contribution is -2.33. The van der Waals surface area contributed by atoms with Gasteiger partial charge in [-0.15, -0.1) is 0 Å². The first-order chi connectivity index (χ1) is 28.5. The van der Waals surface area contributed by atoms with E-state index in [1.807, 2.05) is 52.0 Å². The number of ketones is 1. The number of pyridine rings is 2. The fraction of sp³-hybridized carbons (Fsp3) is 0.489. The van der Waals surface area contributed by atoms with Gasteiger partial charge >= 0.3 is 15.2 Å². The molecule has 0 radical (unpaired) electrons. The molecule has 1 N–H and O–H groups in total. The summed E-state index contributed by atoms with van der Waals surface area (Å²) in [6.45, 7) is 17.9. The summed E-state index contributed by atoms with van der Waals surface area (Å²) in [6.07, 6.45) is 2.55. The summed E-state index contributed by atoms with van der Waals surface area (Å²) in [5.74, 6) is -0.00351. The quantitative estimate of drug-likeness (QED) is 0.0634. The number of hydrogen-bond acceptors (Lipinski definition) is 12. The molecule has 14 heteroatoms. The van der Waals surface area contributed by atoms with Gasteiger partial charge in [-0.25, -0.2) is 4.98 Å². The number of carbonyl (C=O) groups excluding carboxylic acids is 1. The summed E-state index contributed by atoms with van der Waals surface area (Å²) in [5, 5.41) is 3.63. The summed E-state index contributed by atoms with van der Waals surface area (Å²) < 4.78 is 47.9. The molecule has 318 valence electrons. The van der Waals surface area contributed by atoms with E-state index in [0.717, 1.165) is 88.6 Å². The van der Waals surface area contributed by atoms with Crippen LogP contribution in [0.15, 0.2) is 60.7 Å². The van der Waals surface area contributed by atoms with E-state index in [0.29, 0.717) is 70.6 Å². The van der Waals surface area contributed by atoms with Crippen molar-refractivity contribution in [2.75, 3.05) is 70.2 Å². The standard InChI is InChI=1S/C45H61N5O7P2/c1-7-54-58(52,55-8-2)27-25-49-23-21-42-36(31-49)17-19-38(47-42)30-46-41-16-12-15-40(34(41)6)39-14-11-13-35(33(39)5)29-45(51)44-20-18-37-32-50(24-22-43(37)48-44)26-28-59(53,56-9-3)57-10-4/h11-20,46H,7-10,21-32H2,1-6H3. The van der Waals surface area contributed by atoms with E-state index in [9.17, 15) is 13.9 Å². The second kappa shape index (κ2) is 20.8. The molecule has 2 aliphatic heterocycles. The summed E-state index contributed by atoms with van der Waals surface area (Å²) in [7, 11) is -6.18. The van der Waals surface area contributed by atoms with Crippen LogP contribution in [0.5, 0.6) is 0 Å². The van der Waals surface area contributed by atoms with Crippen LogP contribution in [0.4, 0.5) is 5.69 Å². The average molecular weight is 846 g/mol. The van der Waals surface area contributed by atoms with Crippen molar-refractivity contribution in [3.63, 3.8) is 0 Å². The molecule has 0 amide bonds. The first kappa shape index (κ1) is 45.0. The zero-order valence-electron chi connectivity index (χ0n) is 35.6. The number of hydrogen-bond donors (Lipinski definition) is 1. The van der Waals surface area contributed by atoms with Crippen molar-refractivity contribution < 1.29 is 32.0 Å². The molecule has 0 bridgehead atoms. The van der Waals surface area contributed by atoms with Gasteiger partial charge in [-0.05, 0) is 98.7 Å². The van der Waals surface area contributed by atoms with Crippen LogP contribution in [0.1, 0.15) is 83.1 Å². The van der Waals surface area contributed by atoms with Crippen molar-refractivity contribution >= 4 is 26.7 Å². The zero-order valence-corrected chi connectivity index (χ0v) is 37.4. The fourth-order valence-corrected chi connectivity index (χ4v) is 11.3. The van der Waals surface area contributed by atoms with Crippen molar-refractivity contribution in [1.29, 1.82) is 0 Å². The smallest absolute Gasteiger partial charge is 0.331 e. The number of carbonyl (C=O) groups is 1. The Balaban J connectivity index is 1.06. The minimum Gasteiger partial charge on any atom is -0.379 e. The Labute approximate surface area is 350 Å². The van der Waals surface area contributed by atoms with E-state index in [2.05, 4.69) is 65.4 Å². The zero-order chi connectivity index (χ0) is 42.0. The van der Waals surface area contributed by atoms with E-state index < -0.39 is 15.2 Å². The van der Waals surface area contributed by atoms with E-state index in [-0.39, 0.29) is 12.2 Å². The predicted molar refractivity (Wildman–Crippen MR) is 235 cm³/mol. The molecule has 0 fully saturated rings. The molecule has 2 aliphatic rings. The van der Waals surface area contributed by atoms with Crippen LogP contribution in [-0.4, -0.2) is 90.5 Å². The maximum atomic E-state index is 13.7. The van der Waals surface area contributed by atoms with Gasteiger partial charge in [-0.2, -0.15) is 0 Å². The van der Waals surface area contributed by atoms with Gasteiger partial charge in [0.15, 0.2) is 5.78 Å². The molecule has 0 aliphatic carbocycles. The molecule has 4 heterocycles. The summed E-state index contributed by atoms with van der Waals surface area (Å²) in [6, 6.07) is 20.6. The van der Waals surface area contributed by atoms with Gasteiger partial charge < -0.3 is 23.4 Å². The lowest BCUT2D eigenvalue weighted by atomic mass is 9.91. The van der Waals surface area contributed by atoms with Crippen LogP contribution in [0, 0.1) is 13.8 Å². The van der Waals surface area contributed by atoms with E-state index >= 15 is 0 Å². The maximum absolute atomic E-state index is 13.7. The first-order valence-electron chi connectivity index (χ1n) is 21.1. The van der Waals surface area contributed by atoms with E-state index in [4.69, 9.17) is 28.1 Å². The Morgan fingerprint density at radius 3 is 1.78 bits per heavy atom. The van der Waals surface area contributed by atoms with Crippen molar-refractivity contribution in [3.8, 4) is 11.1 Å². The molecule has 4 aromatic rings. The van der Waals surface area contributed by atoms with Crippen molar-refractivity contribution in [1.82, 2.24) is 19.8 Å². The molecular weight excluding hydrogens is 784 g/mol. The number of benzene rings is 2. The largest absolute Gasteiger partial charge is 0.379 e. The van der Waals surface area contributed by atoms with Gasteiger partial charge in [0.05, 0.1) is 51.0 Å². The number of rotatable bonds is 21. The number of Topliss-reactive ketones (excluding diaryl/α,β-unsaturated/α-hetero) is 1. The Hall–Kier alpha value is -3.57. The van der Waals surface area contributed by atoms with Gasteiger partial charge in [0.2, 0.25) is 0 Å². The highest BCUT2D eigenvalue weighted by molar-refractivity contribution is 7.54. The monoisotopic (exact) mass is 845 g/mol. The first-order valence-corrected chi connectivity index (χ1v) is 24.6. The summed E-state index contributed by atoms with van der Waals surface area (Å²) in [4.78, 5) is 28.1. The topological polar surface area (TPSA) is 132 Å². The molecule has 59 heavy (non-hydrogen) atoms. The minimum absolute atomic E-state index is 0.00351. The average Bonchev–Trinajstić information content (AvgIpc) is 3.23. The van der Waals surface area contributed by atoms with Crippen LogP contribution in [0.25, 0.3) is 11.1 Å². The normalized spacial score (nSPS) is 14.9. The number of fused-ring (bicyclic) bond motifs is 2. The molecule has 0 atom stereocenters. The molecule has 0 unspecified atom stereocenters. The Morgan fingerprint density at radius 2 is 1.20 bits per heavy atom. The molecule has 0 saturated heterocycles. The number of aromatic nitrogens is 2. The van der Waals surface area contributed by atoms with E-state index in [1.165, 1.54) is 5.56 Å². The van der Waals surface area contributed by atoms with Gasteiger partial charge in [0.1, 0.15) is 5.69 Å². The second-order valence-corrected chi connectivity index (χ2v) is 19.5.